The number of hydrogen-bond acceptors (Lipinski definition) is 5. The van der Waals surface area contributed by atoms with Gasteiger partial charge < -0.3 is 9.88 Å². The van der Waals surface area contributed by atoms with Crippen molar-refractivity contribution in [3.63, 3.8) is 0 Å². The fourth-order valence-corrected chi connectivity index (χ4v) is 6.09. The molecule has 1 N–H and O–H groups in total. The number of nitrogens with zero attached hydrogens (tertiary/aromatic N) is 3. The molecule has 1 aliphatic heterocycles. The number of aromatic amines is 1. The van der Waals surface area contributed by atoms with E-state index < -0.39 is 0 Å². The largest absolute Gasteiger partial charge is 0.342 e. The van der Waals surface area contributed by atoms with Gasteiger partial charge in [0.05, 0.1) is 28.0 Å². The summed E-state index contributed by atoms with van der Waals surface area (Å²) < 4.78 is 1.07. The summed E-state index contributed by atoms with van der Waals surface area (Å²) >= 11 is 6.74. The number of likely N-dealkylation sites (tertiary alicyclic amines) is 1. The molecule has 0 radical (unpaired) electrons. The number of aromatic nitrogens is 3. The Balaban J connectivity index is 1.20. The molecule has 0 spiro atoms. The Morgan fingerprint density at radius 1 is 1.17 bits per heavy atom. The molecular weight excluding hydrogens is 468 g/mol. The summed E-state index contributed by atoms with van der Waals surface area (Å²) in [6, 6.07) is 10.2. The van der Waals surface area contributed by atoms with E-state index in [-0.39, 0.29) is 5.91 Å². The number of halogens is 1. The van der Waals surface area contributed by atoms with Crippen molar-refractivity contribution in [2.75, 3.05) is 13.1 Å². The summed E-state index contributed by atoms with van der Waals surface area (Å²) in [5.74, 6) is 1.59. The van der Waals surface area contributed by atoms with Crippen LogP contribution in [0.3, 0.4) is 0 Å². The van der Waals surface area contributed by atoms with Crippen LogP contribution in [-0.4, -0.2) is 38.8 Å². The van der Waals surface area contributed by atoms with Crippen molar-refractivity contribution < 1.29 is 4.79 Å². The molecule has 0 aliphatic carbocycles. The summed E-state index contributed by atoms with van der Waals surface area (Å²) in [5.41, 5.74) is 2.95. The summed E-state index contributed by atoms with van der Waals surface area (Å²) in [6.45, 7) is 1.55. The number of carbonyl (C=O) groups is 1. The Kier molecular flexibility index (Phi) is 5.24. The van der Waals surface area contributed by atoms with Gasteiger partial charge in [0.2, 0.25) is 5.91 Å². The first-order chi connectivity index (χ1) is 14.2. The lowest BCUT2D eigenvalue weighted by Crippen LogP contribution is -2.39. The number of imidazole rings is 1. The van der Waals surface area contributed by atoms with Gasteiger partial charge in [0.15, 0.2) is 0 Å². The molecule has 1 amide bonds. The third-order valence-electron chi connectivity index (χ3n) is 5.30. The summed E-state index contributed by atoms with van der Waals surface area (Å²) in [5, 5.41) is 5.03. The molecule has 4 heterocycles. The van der Waals surface area contributed by atoms with Gasteiger partial charge in [-0.1, -0.05) is 12.1 Å². The van der Waals surface area contributed by atoms with Gasteiger partial charge in [-0.05, 0) is 47.0 Å². The lowest BCUT2D eigenvalue weighted by molar-refractivity contribution is -0.131. The van der Waals surface area contributed by atoms with E-state index in [1.165, 1.54) is 0 Å². The molecule has 0 saturated carbocycles. The number of amides is 1. The van der Waals surface area contributed by atoms with Gasteiger partial charge in [-0.2, -0.15) is 0 Å². The van der Waals surface area contributed by atoms with Crippen molar-refractivity contribution in [3.8, 4) is 9.88 Å². The Morgan fingerprint density at radius 3 is 2.76 bits per heavy atom. The van der Waals surface area contributed by atoms with Crippen LogP contribution >= 0.6 is 38.6 Å². The van der Waals surface area contributed by atoms with Crippen LogP contribution in [0, 0.1) is 0 Å². The van der Waals surface area contributed by atoms with Gasteiger partial charge in [-0.25, -0.2) is 9.97 Å². The van der Waals surface area contributed by atoms with Crippen molar-refractivity contribution in [1.29, 1.82) is 0 Å². The predicted octanol–water partition coefficient (Wildman–Crippen LogP) is 5.46. The zero-order valence-electron chi connectivity index (χ0n) is 15.6. The van der Waals surface area contributed by atoms with Gasteiger partial charge in [0.1, 0.15) is 10.8 Å². The van der Waals surface area contributed by atoms with Crippen LogP contribution in [0.5, 0.6) is 0 Å². The first kappa shape index (κ1) is 19.0. The lowest BCUT2D eigenvalue weighted by Gasteiger charge is -2.31. The highest BCUT2D eigenvalue weighted by molar-refractivity contribution is 9.10. The first-order valence-electron chi connectivity index (χ1n) is 9.57. The van der Waals surface area contributed by atoms with E-state index in [1.807, 2.05) is 33.9 Å². The molecule has 0 atom stereocenters. The quantitative estimate of drug-likeness (QED) is 0.416. The second kappa shape index (κ2) is 8.01. The van der Waals surface area contributed by atoms with Crippen molar-refractivity contribution in [2.24, 2.45) is 0 Å². The SMILES string of the molecule is O=C(Cc1csc(-c2cc(Br)cs2)n1)N1CCC(c2nc3ccccc3[nH]2)CC1. The number of H-pyrrole nitrogens is 1. The zero-order chi connectivity index (χ0) is 19.8. The molecule has 3 aromatic heterocycles. The molecule has 29 heavy (non-hydrogen) atoms. The van der Waals surface area contributed by atoms with Crippen LogP contribution in [0.4, 0.5) is 0 Å². The van der Waals surface area contributed by atoms with E-state index in [0.717, 1.165) is 62.8 Å². The third-order valence-corrected chi connectivity index (χ3v) is 8.06. The molecule has 1 fully saturated rings. The molecule has 1 aliphatic rings. The van der Waals surface area contributed by atoms with Crippen LogP contribution in [0.1, 0.15) is 30.3 Å². The van der Waals surface area contributed by atoms with Crippen molar-refractivity contribution in [3.05, 3.63) is 57.1 Å². The topological polar surface area (TPSA) is 61.9 Å². The number of thiazole rings is 1. The Morgan fingerprint density at radius 2 is 2.00 bits per heavy atom. The van der Waals surface area contributed by atoms with Gasteiger partial charge in [-0.15, -0.1) is 22.7 Å². The molecular formula is C21H19BrN4OS2. The molecule has 0 unspecified atom stereocenters. The Hall–Kier alpha value is -2.03. The molecule has 1 saturated heterocycles. The minimum Gasteiger partial charge on any atom is -0.342 e. The molecule has 0 bridgehead atoms. The number of thiophene rings is 1. The number of fused-ring (bicyclic) bond motifs is 1. The molecule has 5 nitrogen and oxygen atoms in total. The third kappa shape index (κ3) is 4.01. The molecule has 148 valence electrons. The number of hydrogen-bond donors (Lipinski definition) is 1. The number of rotatable bonds is 4. The first-order valence-corrected chi connectivity index (χ1v) is 12.1. The Bertz CT molecular complexity index is 1120. The van der Waals surface area contributed by atoms with Crippen LogP contribution < -0.4 is 0 Å². The second-order valence-electron chi connectivity index (χ2n) is 7.24. The zero-order valence-corrected chi connectivity index (χ0v) is 18.8. The number of para-hydroxylation sites is 2. The van der Waals surface area contributed by atoms with Gasteiger partial charge in [0.25, 0.3) is 0 Å². The highest BCUT2D eigenvalue weighted by atomic mass is 79.9. The minimum absolute atomic E-state index is 0.164. The lowest BCUT2D eigenvalue weighted by atomic mass is 9.96. The summed E-state index contributed by atoms with van der Waals surface area (Å²) in [4.78, 5) is 28.7. The number of benzene rings is 1. The van der Waals surface area contributed by atoms with Crippen molar-refractivity contribution >= 4 is 55.5 Å². The number of carbonyl (C=O) groups excluding carboxylic acids is 1. The molecule has 8 heteroatoms. The Labute approximate surface area is 184 Å². The number of piperidine rings is 1. The van der Waals surface area contributed by atoms with Gasteiger partial charge >= 0.3 is 0 Å². The highest BCUT2D eigenvalue weighted by Crippen LogP contribution is 2.32. The molecule has 1 aromatic carbocycles. The molecule has 4 aromatic rings. The van der Waals surface area contributed by atoms with E-state index in [1.54, 1.807) is 22.7 Å². The van der Waals surface area contributed by atoms with E-state index in [0.29, 0.717) is 12.3 Å². The standard InChI is InChI=1S/C21H19BrN4OS2/c22-14-9-18(28-11-14)21-23-15(12-29-21)10-19(27)26-7-5-13(6-8-26)20-24-16-3-1-2-4-17(16)25-20/h1-4,9,11-13H,5-8,10H2,(H,24,25). The van der Waals surface area contributed by atoms with Gasteiger partial charge in [-0.3, -0.25) is 4.79 Å². The smallest absolute Gasteiger partial charge is 0.228 e. The monoisotopic (exact) mass is 486 g/mol. The summed E-state index contributed by atoms with van der Waals surface area (Å²) in [6.07, 6.45) is 2.26. The average molecular weight is 487 g/mol. The minimum atomic E-state index is 0.164. The van der Waals surface area contributed by atoms with Crippen LogP contribution in [0.15, 0.2) is 45.6 Å². The van der Waals surface area contributed by atoms with Crippen molar-refractivity contribution in [1.82, 2.24) is 19.9 Å². The van der Waals surface area contributed by atoms with Crippen LogP contribution in [0.25, 0.3) is 20.9 Å². The fraction of sp³-hybridized carbons (Fsp3) is 0.286. The average Bonchev–Trinajstić information content (AvgIpc) is 3.47. The van der Waals surface area contributed by atoms with E-state index in [9.17, 15) is 4.79 Å². The number of nitrogens with one attached hydrogen (secondary N) is 1. The predicted molar refractivity (Wildman–Crippen MR) is 121 cm³/mol. The highest BCUT2D eigenvalue weighted by Gasteiger charge is 2.26. The maximum Gasteiger partial charge on any atom is 0.228 e. The van der Waals surface area contributed by atoms with Gasteiger partial charge in [0, 0.05) is 34.2 Å². The summed E-state index contributed by atoms with van der Waals surface area (Å²) in [7, 11) is 0. The van der Waals surface area contributed by atoms with E-state index >= 15 is 0 Å². The van der Waals surface area contributed by atoms with E-state index in [2.05, 4.69) is 38.0 Å². The van der Waals surface area contributed by atoms with Crippen LogP contribution in [0.2, 0.25) is 0 Å². The normalized spacial score (nSPS) is 15.3. The van der Waals surface area contributed by atoms with Crippen molar-refractivity contribution in [2.45, 2.75) is 25.2 Å². The second-order valence-corrected chi connectivity index (χ2v) is 9.93. The van der Waals surface area contributed by atoms with Crippen LogP contribution in [-0.2, 0) is 11.2 Å². The van der Waals surface area contributed by atoms with E-state index in [4.69, 9.17) is 4.98 Å². The maximum absolute atomic E-state index is 12.8. The fourth-order valence-electron chi connectivity index (χ4n) is 3.76. The molecule has 5 rings (SSSR count). The maximum atomic E-state index is 12.8.